The van der Waals surface area contributed by atoms with Crippen LogP contribution >= 0.6 is 11.3 Å². The average Bonchev–Trinajstić information content (AvgIpc) is 2.74. The summed E-state index contributed by atoms with van der Waals surface area (Å²) in [6.45, 7) is 3.90. The van der Waals surface area contributed by atoms with E-state index in [2.05, 4.69) is 15.3 Å². The van der Waals surface area contributed by atoms with Gasteiger partial charge in [-0.25, -0.2) is 9.37 Å². The molecule has 3 rings (SSSR count). The first-order chi connectivity index (χ1) is 9.11. The van der Waals surface area contributed by atoms with Crippen molar-refractivity contribution in [3.05, 3.63) is 47.5 Å². The maximum Gasteiger partial charge on any atom is 0.188 e. The van der Waals surface area contributed by atoms with Gasteiger partial charge in [-0.3, -0.25) is 4.98 Å². The molecule has 0 aliphatic carbocycles. The van der Waals surface area contributed by atoms with Crippen LogP contribution in [0, 0.1) is 19.7 Å². The fraction of sp³-hybridized carbons (Fsp3) is 0.143. The number of aromatic nitrogens is 2. The lowest BCUT2D eigenvalue weighted by Crippen LogP contribution is -1.95. The Bertz CT molecular complexity index is 752. The normalized spacial score (nSPS) is 10.9. The number of aryl methyl sites for hydroxylation is 2. The first-order valence-corrected chi connectivity index (χ1v) is 6.71. The lowest BCUT2D eigenvalue weighted by Gasteiger charge is -2.06. The number of thiazole rings is 1. The monoisotopic (exact) mass is 273 g/mol. The SMILES string of the molecule is Cc1ccc(Nc2nc3ccc(F)cc3s2)c(C)n1. The van der Waals surface area contributed by atoms with Crippen molar-refractivity contribution in [3.63, 3.8) is 0 Å². The molecule has 5 heteroatoms. The van der Waals surface area contributed by atoms with Gasteiger partial charge in [0.25, 0.3) is 0 Å². The zero-order valence-corrected chi connectivity index (χ0v) is 11.4. The van der Waals surface area contributed by atoms with Crippen molar-refractivity contribution < 1.29 is 4.39 Å². The third kappa shape index (κ3) is 2.42. The van der Waals surface area contributed by atoms with Crippen molar-refractivity contribution in [1.29, 1.82) is 0 Å². The van der Waals surface area contributed by atoms with E-state index in [-0.39, 0.29) is 5.82 Å². The van der Waals surface area contributed by atoms with Gasteiger partial charge in [0.15, 0.2) is 5.13 Å². The van der Waals surface area contributed by atoms with E-state index in [0.29, 0.717) is 0 Å². The van der Waals surface area contributed by atoms with E-state index >= 15 is 0 Å². The number of benzene rings is 1. The fourth-order valence-electron chi connectivity index (χ4n) is 1.89. The lowest BCUT2D eigenvalue weighted by molar-refractivity contribution is 0.630. The van der Waals surface area contributed by atoms with E-state index in [1.165, 1.54) is 23.5 Å². The van der Waals surface area contributed by atoms with Gasteiger partial charge in [-0.2, -0.15) is 0 Å². The molecule has 96 valence electrons. The van der Waals surface area contributed by atoms with Crippen LogP contribution in [0.15, 0.2) is 30.3 Å². The van der Waals surface area contributed by atoms with Crippen molar-refractivity contribution in [2.45, 2.75) is 13.8 Å². The molecule has 1 N–H and O–H groups in total. The summed E-state index contributed by atoms with van der Waals surface area (Å²) < 4.78 is 14.0. The molecule has 3 aromatic rings. The molecule has 0 atom stereocenters. The number of halogens is 1. The summed E-state index contributed by atoms with van der Waals surface area (Å²) in [5.74, 6) is -0.240. The Kier molecular flexibility index (Phi) is 2.91. The molecule has 0 radical (unpaired) electrons. The Labute approximate surface area is 114 Å². The van der Waals surface area contributed by atoms with E-state index in [4.69, 9.17) is 0 Å². The van der Waals surface area contributed by atoms with Gasteiger partial charge in [0.1, 0.15) is 5.82 Å². The number of anilines is 2. The summed E-state index contributed by atoms with van der Waals surface area (Å²) in [5, 5.41) is 3.98. The largest absolute Gasteiger partial charge is 0.330 e. The van der Waals surface area contributed by atoms with Crippen LogP contribution in [0.4, 0.5) is 15.2 Å². The highest BCUT2D eigenvalue weighted by atomic mass is 32.1. The molecule has 19 heavy (non-hydrogen) atoms. The van der Waals surface area contributed by atoms with E-state index in [1.54, 1.807) is 6.07 Å². The minimum Gasteiger partial charge on any atom is -0.330 e. The lowest BCUT2D eigenvalue weighted by atomic mass is 10.3. The van der Waals surface area contributed by atoms with Crippen molar-refractivity contribution in [2.75, 3.05) is 5.32 Å². The number of hydrogen-bond donors (Lipinski definition) is 1. The zero-order valence-electron chi connectivity index (χ0n) is 10.6. The van der Waals surface area contributed by atoms with Crippen LogP contribution in [0.3, 0.4) is 0 Å². The Balaban J connectivity index is 1.96. The summed E-state index contributed by atoms with van der Waals surface area (Å²) in [4.78, 5) is 8.82. The Morgan fingerprint density at radius 3 is 2.74 bits per heavy atom. The first kappa shape index (κ1) is 12.0. The number of nitrogens with one attached hydrogen (secondary N) is 1. The molecule has 0 aliphatic rings. The molecule has 0 aliphatic heterocycles. The van der Waals surface area contributed by atoms with Crippen LogP contribution < -0.4 is 5.32 Å². The van der Waals surface area contributed by atoms with E-state index in [0.717, 1.165) is 32.4 Å². The second-order valence-electron chi connectivity index (χ2n) is 4.34. The average molecular weight is 273 g/mol. The van der Waals surface area contributed by atoms with Crippen molar-refractivity contribution in [1.82, 2.24) is 9.97 Å². The Morgan fingerprint density at radius 2 is 1.95 bits per heavy atom. The molecule has 0 amide bonds. The second-order valence-corrected chi connectivity index (χ2v) is 5.37. The van der Waals surface area contributed by atoms with Crippen molar-refractivity contribution in [3.8, 4) is 0 Å². The summed E-state index contributed by atoms with van der Waals surface area (Å²) in [5.41, 5.74) is 3.62. The smallest absolute Gasteiger partial charge is 0.188 e. The van der Waals surface area contributed by atoms with Gasteiger partial charge in [0, 0.05) is 5.69 Å². The van der Waals surface area contributed by atoms with Crippen LogP contribution in [0.25, 0.3) is 10.2 Å². The number of fused-ring (bicyclic) bond motifs is 1. The molecule has 0 spiro atoms. The van der Waals surface area contributed by atoms with Crippen LogP contribution in [0.5, 0.6) is 0 Å². The maximum atomic E-state index is 13.1. The van der Waals surface area contributed by atoms with E-state index in [9.17, 15) is 4.39 Å². The summed E-state index contributed by atoms with van der Waals surface area (Å²) in [6.07, 6.45) is 0. The van der Waals surface area contributed by atoms with E-state index in [1.807, 2.05) is 26.0 Å². The molecule has 0 unspecified atom stereocenters. The highest BCUT2D eigenvalue weighted by molar-refractivity contribution is 7.22. The van der Waals surface area contributed by atoms with Gasteiger partial charge in [-0.1, -0.05) is 11.3 Å². The van der Waals surface area contributed by atoms with Gasteiger partial charge >= 0.3 is 0 Å². The summed E-state index contributed by atoms with van der Waals surface area (Å²) in [7, 11) is 0. The highest BCUT2D eigenvalue weighted by Crippen LogP contribution is 2.29. The molecule has 0 bridgehead atoms. The highest BCUT2D eigenvalue weighted by Gasteiger charge is 2.07. The van der Waals surface area contributed by atoms with Crippen LogP contribution in [-0.2, 0) is 0 Å². The predicted octanol–water partition coefficient (Wildman–Crippen LogP) is 4.19. The topological polar surface area (TPSA) is 37.8 Å². The molecule has 0 saturated carbocycles. The van der Waals surface area contributed by atoms with Crippen molar-refractivity contribution >= 4 is 32.4 Å². The molecular formula is C14H12FN3S. The van der Waals surface area contributed by atoms with Crippen LogP contribution in [0.1, 0.15) is 11.4 Å². The third-order valence-corrected chi connectivity index (χ3v) is 3.75. The Hall–Kier alpha value is -2.01. The van der Waals surface area contributed by atoms with Gasteiger partial charge in [-0.15, -0.1) is 0 Å². The number of rotatable bonds is 2. The van der Waals surface area contributed by atoms with Crippen molar-refractivity contribution in [2.24, 2.45) is 0 Å². The second kappa shape index (κ2) is 4.59. The molecule has 0 fully saturated rings. The van der Waals surface area contributed by atoms with Gasteiger partial charge < -0.3 is 5.32 Å². The van der Waals surface area contributed by atoms with E-state index < -0.39 is 0 Å². The first-order valence-electron chi connectivity index (χ1n) is 5.89. The minimum atomic E-state index is -0.240. The molecular weight excluding hydrogens is 261 g/mol. The molecule has 0 saturated heterocycles. The van der Waals surface area contributed by atoms with Gasteiger partial charge in [0.05, 0.1) is 21.6 Å². The van der Waals surface area contributed by atoms with Crippen LogP contribution in [0.2, 0.25) is 0 Å². The van der Waals surface area contributed by atoms with Gasteiger partial charge in [-0.05, 0) is 44.2 Å². The number of hydrogen-bond acceptors (Lipinski definition) is 4. The van der Waals surface area contributed by atoms with Gasteiger partial charge in [0.2, 0.25) is 0 Å². The summed E-state index contributed by atoms with van der Waals surface area (Å²) >= 11 is 1.43. The quantitative estimate of drug-likeness (QED) is 0.760. The van der Waals surface area contributed by atoms with Crippen LogP contribution in [-0.4, -0.2) is 9.97 Å². The predicted molar refractivity (Wildman–Crippen MR) is 76.6 cm³/mol. The third-order valence-electron chi connectivity index (χ3n) is 2.82. The number of nitrogens with zero attached hydrogens (tertiary/aromatic N) is 2. The zero-order chi connectivity index (χ0) is 13.4. The summed E-state index contributed by atoms with van der Waals surface area (Å²) in [6, 6.07) is 8.53. The maximum absolute atomic E-state index is 13.1. The standard InChI is InChI=1S/C14H12FN3S/c1-8-3-5-11(9(2)16-8)17-14-18-12-6-4-10(15)7-13(12)19-14/h3-7H,1-2H3,(H,17,18). The molecule has 2 heterocycles. The fourth-order valence-corrected chi connectivity index (χ4v) is 2.79. The Morgan fingerprint density at radius 1 is 1.11 bits per heavy atom. The molecule has 1 aromatic carbocycles. The molecule has 3 nitrogen and oxygen atoms in total. The minimum absolute atomic E-state index is 0.240. The molecule has 2 aromatic heterocycles. The number of pyridine rings is 1.